The topological polar surface area (TPSA) is 50.4 Å². The summed E-state index contributed by atoms with van der Waals surface area (Å²) < 4.78 is 5.33. The van der Waals surface area contributed by atoms with Gasteiger partial charge in [-0.1, -0.05) is 12.7 Å². The van der Waals surface area contributed by atoms with Gasteiger partial charge in [0.25, 0.3) is 5.91 Å². The molecule has 0 saturated heterocycles. The average Bonchev–Trinajstić information content (AvgIpc) is 2.37. The molecule has 0 aliphatic carbocycles. The first-order valence-electron chi connectivity index (χ1n) is 5.54. The molecular formula is C13H19ClN2O2. The molecule has 0 aliphatic rings. The molecule has 1 rings (SSSR count). The Bertz CT molecular complexity index is 366. The van der Waals surface area contributed by atoms with E-state index in [9.17, 15) is 4.79 Å². The molecule has 4 nitrogen and oxygen atoms in total. The zero-order valence-electron chi connectivity index (χ0n) is 10.4. The lowest BCUT2D eigenvalue weighted by Gasteiger charge is -2.06. The van der Waals surface area contributed by atoms with Crippen LogP contribution >= 0.6 is 12.4 Å². The number of hydrogen-bond donors (Lipinski definition) is 2. The third-order valence-electron chi connectivity index (χ3n) is 2.14. The molecule has 0 unspecified atom stereocenters. The van der Waals surface area contributed by atoms with Crippen molar-refractivity contribution >= 4 is 18.3 Å². The SMILES string of the molecule is C=CCOc1ccc(C(=O)NCCNC)cc1.Cl. The smallest absolute Gasteiger partial charge is 0.251 e. The second-order valence-electron chi connectivity index (χ2n) is 3.48. The molecule has 0 radical (unpaired) electrons. The minimum Gasteiger partial charge on any atom is -0.490 e. The maximum Gasteiger partial charge on any atom is 0.251 e. The maximum absolute atomic E-state index is 11.6. The molecule has 0 aromatic heterocycles. The van der Waals surface area contributed by atoms with E-state index < -0.39 is 0 Å². The van der Waals surface area contributed by atoms with Crippen LogP contribution < -0.4 is 15.4 Å². The average molecular weight is 271 g/mol. The number of carbonyl (C=O) groups excluding carboxylic acids is 1. The van der Waals surface area contributed by atoms with Gasteiger partial charge in [0.05, 0.1) is 0 Å². The number of rotatable bonds is 7. The summed E-state index contributed by atoms with van der Waals surface area (Å²) in [6.07, 6.45) is 1.68. The zero-order chi connectivity index (χ0) is 12.5. The van der Waals surface area contributed by atoms with Crippen LogP contribution in [0, 0.1) is 0 Å². The molecule has 5 heteroatoms. The van der Waals surface area contributed by atoms with Gasteiger partial charge in [-0.05, 0) is 31.3 Å². The minimum atomic E-state index is -0.0736. The zero-order valence-corrected chi connectivity index (χ0v) is 11.3. The predicted octanol–water partition coefficient (Wildman–Crippen LogP) is 1.62. The number of hydrogen-bond acceptors (Lipinski definition) is 3. The Morgan fingerprint density at radius 2 is 2.00 bits per heavy atom. The first-order valence-corrected chi connectivity index (χ1v) is 5.54. The van der Waals surface area contributed by atoms with Gasteiger partial charge in [0.1, 0.15) is 12.4 Å². The summed E-state index contributed by atoms with van der Waals surface area (Å²) in [4.78, 5) is 11.6. The molecule has 18 heavy (non-hydrogen) atoms. The highest BCUT2D eigenvalue weighted by Gasteiger charge is 2.04. The second kappa shape index (κ2) is 9.50. The lowest BCUT2D eigenvalue weighted by Crippen LogP contribution is -2.30. The van der Waals surface area contributed by atoms with E-state index in [0.717, 1.165) is 12.3 Å². The normalized spacial score (nSPS) is 9.17. The highest BCUT2D eigenvalue weighted by Crippen LogP contribution is 2.11. The molecule has 1 aromatic rings. The summed E-state index contributed by atoms with van der Waals surface area (Å²) in [5.41, 5.74) is 0.632. The summed E-state index contributed by atoms with van der Waals surface area (Å²) in [7, 11) is 1.85. The number of likely N-dealkylation sites (N-methyl/N-ethyl adjacent to an activating group) is 1. The largest absolute Gasteiger partial charge is 0.490 e. The highest BCUT2D eigenvalue weighted by molar-refractivity contribution is 5.94. The molecule has 2 N–H and O–H groups in total. The molecule has 0 spiro atoms. The highest BCUT2D eigenvalue weighted by atomic mass is 35.5. The van der Waals surface area contributed by atoms with Gasteiger partial charge in [0.15, 0.2) is 0 Å². The van der Waals surface area contributed by atoms with Gasteiger partial charge in [-0.25, -0.2) is 0 Å². The quantitative estimate of drug-likeness (QED) is 0.585. The predicted molar refractivity (Wildman–Crippen MR) is 75.6 cm³/mol. The molecule has 100 valence electrons. The van der Waals surface area contributed by atoms with Crippen LogP contribution in [0.2, 0.25) is 0 Å². The number of carbonyl (C=O) groups is 1. The number of benzene rings is 1. The number of nitrogens with one attached hydrogen (secondary N) is 2. The number of halogens is 1. The standard InChI is InChI=1S/C13H18N2O2.ClH/c1-3-10-17-12-6-4-11(5-7-12)13(16)15-9-8-14-2;/h3-7,14H,1,8-10H2,2H3,(H,15,16);1H. The number of amides is 1. The van der Waals surface area contributed by atoms with Crippen molar-refractivity contribution in [2.45, 2.75) is 0 Å². The third-order valence-corrected chi connectivity index (χ3v) is 2.14. The van der Waals surface area contributed by atoms with Gasteiger partial charge in [-0.3, -0.25) is 4.79 Å². The van der Waals surface area contributed by atoms with E-state index in [1.165, 1.54) is 0 Å². The van der Waals surface area contributed by atoms with Gasteiger partial charge >= 0.3 is 0 Å². The Hall–Kier alpha value is -1.52. The Labute approximate surface area is 114 Å². The van der Waals surface area contributed by atoms with Crippen molar-refractivity contribution in [1.29, 1.82) is 0 Å². The van der Waals surface area contributed by atoms with E-state index in [4.69, 9.17) is 4.74 Å². The van der Waals surface area contributed by atoms with E-state index in [-0.39, 0.29) is 18.3 Å². The van der Waals surface area contributed by atoms with Gasteiger partial charge in [0.2, 0.25) is 0 Å². The van der Waals surface area contributed by atoms with Gasteiger partial charge < -0.3 is 15.4 Å². The van der Waals surface area contributed by atoms with Crippen LogP contribution in [0.3, 0.4) is 0 Å². The van der Waals surface area contributed by atoms with E-state index >= 15 is 0 Å². The van der Waals surface area contributed by atoms with Crippen LogP contribution in [0.25, 0.3) is 0 Å². The first-order chi connectivity index (χ1) is 8.27. The summed E-state index contributed by atoms with van der Waals surface area (Å²) in [6, 6.07) is 7.03. The van der Waals surface area contributed by atoms with Crippen LogP contribution in [-0.2, 0) is 0 Å². The van der Waals surface area contributed by atoms with Crippen molar-refractivity contribution in [3.8, 4) is 5.75 Å². The fourth-order valence-electron chi connectivity index (χ4n) is 1.26. The molecule has 0 fully saturated rings. The molecule has 0 saturated carbocycles. The summed E-state index contributed by atoms with van der Waals surface area (Å²) in [5, 5.41) is 5.77. The minimum absolute atomic E-state index is 0. The van der Waals surface area contributed by atoms with Crippen LogP contribution in [0.15, 0.2) is 36.9 Å². The van der Waals surface area contributed by atoms with E-state index in [2.05, 4.69) is 17.2 Å². The summed E-state index contributed by atoms with van der Waals surface area (Å²) in [6.45, 7) is 5.41. The van der Waals surface area contributed by atoms with Crippen LogP contribution in [0.5, 0.6) is 5.75 Å². The van der Waals surface area contributed by atoms with Crippen LogP contribution in [0.1, 0.15) is 10.4 Å². The van der Waals surface area contributed by atoms with Crippen molar-refractivity contribution in [2.24, 2.45) is 0 Å². The Morgan fingerprint density at radius 3 is 2.56 bits per heavy atom. The van der Waals surface area contributed by atoms with Crippen LogP contribution in [0.4, 0.5) is 0 Å². The fraction of sp³-hybridized carbons (Fsp3) is 0.308. The van der Waals surface area contributed by atoms with Gasteiger partial charge in [-0.2, -0.15) is 0 Å². The molecule has 0 bridgehead atoms. The van der Waals surface area contributed by atoms with Crippen molar-refractivity contribution in [3.05, 3.63) is 42.5 Å². The first kappa shape index (κ1) is 16.5. The van der Waals surface area contributed by atoms with Crippen molar-refractivity contribution < 1.29 is 9.53 Å². The molecule has 0 atom stereocenters. The van der Waals surface area contributed by atoms with E-state index in [1.54, 1.807) is 30.3 Å². The molecule has 1 aromatic carbocycles. The molecule has 1 amide bonds. The van der Waals surface area contributed by atoms with Crippen molar-refractivity contribution in [2.75, 3.05) is 26.7 Å². The van der Waals surface area contributed by atoms with Gasteiger partial charge in [-0.15, -0.1) is 12.4 Å². The summed E-state index contributed by atoms with van der Waals surface area (Å²) in [5.74, 6) is 0.659. The number of ether oxygens (including phenoxy) is 1. The monoisotopic (exact) mass is 270 g/mol. The molecular weight excluding hydrogens is 252 g/mol. The lowest BCUT2D eigenvalue weighted by atomic mass is 10.2. The van der Waals surface area contributed by atoms with Crippen molar-refractivity contribution in [1.82, 2.24) is 10.6 Å². The maximum atomic E-state index is 11.6. The van der Waals surface area contributed by atoms with E-state index in [1.807, 2.05) is 7.05 Å². The van der Waals surface area contributed by atoms with Crippen molar-refractivity contribution in [3.63, 3.8) is 0 Å². The summed E-state index contributed by atoms with van der Waals surface area (Å²) >= 11 is 0. The fourth-order valence-corrected chi connectivity index (χ4v) is 1.26. The Kier molecular flexibility index (Phi) is 8.70. The van der Waals surface area contributed by atoms with E-state index in [0.29, 0.717) is 18.7 Å². The third kappa shape index (κ3) is 5.70. The Balaban J connectivity index is 0.00000289. The lowest BCUT2D eigenvalue weighted by molar-refractivity contribution is 0.0954. The molecule has 0 aliphatic heterocycles. The Morgan fingerprint density at radius 1 is 1.33 bits per heavy atom. The van der Waals surface area contributed by atoms with Gasteiger partial charge in [0, 0.05) is 18.7 Å². The molecule has 0 heterocycles. The second-order valence-corrected chi connectivity index (χ2v) is 3.48. The van der Waals surface area contributed by atoms with Crippen LogP contribution in [-0.4, -0.2) is 32.7 Å².